The van der Waals surface area contributed by atoms with Crippen molar-refractivity contribution in [3.05, 3.63) is 42.1 Å². The summed E-state index contributed by atoms with van der Waals surface area (Å²) in [7, 11) is 2.96. The number of alkyl halides is 1. The van der Waals surface area contributed by atoms with Crippen LogP contribution in [0.2, 0.25) is 0 Å². The van der Waals surface area contributed by atoms with Crippen molar-refractivity contribution in [2.75, 3.05) is 45.8 Å². The summed E-state index contributed by atoms with van der Waals surface area (Å²) in [4.78, 5) is 18.8. The second-order valence-corrected chi connectivity index (χ2v) is 9.21. The first-order chi connectivity index (χ1) is 18.0. The number of ether oxygens (including phenoxy) is 2. The highest BCUT2D eigenvalue weighted by Crippen LogP contribution is 2.35. The lowest BCUT2D eigenvalue weighted by Gasteiger charge is -2.42. The summed E-state index contributed by atoms with van der Waals surface area (Å²) in [5, 5.41) is 14.2. The van der Waals surface area contributed by atoms with Crippen molar-refractivity contribution in [2.24, 2.45) is 0 Å². The van der Waals surface area contributed by atoms with Gasteiger partial charge >= 0.3 is 0 Å². The monoisotopic (exact) mass is 512 g/mol. The van der Waals surface area contributed by atoms with E-state index < -0.39 is 18.0 Å². The predicted octanol–water partition coefficient (Wildman–Crippen LogP) is 1.77. The number of hydrogen-bond donors (Lipinski definition) is 2. The van der Waals surface area contributed by atoms with E-state index in [0.717, 1.165) is 6.54 Å². The molecule has 2 saturated heterocycles. The fourth-order valence-electron chi connectivity index (χ4n) is 4.97. The molecule has 0 aliphatic carbocycles. The maximum Gasteiger partial charge on any atom is 0.254 e. The summed E-state index contributed by atoms with van der Waals surface area (Å²) in [6, 6.07) is 3.16. The smallest absolute Gasteiger partial charge is 0.254 e. The molecule has 4 aromatic rings. The third kappa shape index (κ3) is 4.03. The van der Waals surface area contributed by atoms with Gasteiger partial charge in [-0.1, -0.05) is 0 Å². The number of nitrogens with zero attached hydrogens (tertiary/aromatic N) is 6. The van der Waals surface area contributed by atoms with Gasteiger partial charge < -0.3 is 20.1 Å². The van der Waals surface area contributed by atoms with Crippen LogP contribution in [-0.2, 0) is 4.74 Å². The zero-order chi connectivity index (χ0) is 25.7. The lowest BCUT2D eigenvalue weighted by molar-refractivity contribution is -0.0794. The SMILES string of the molecule is CNC(=O)c1cnn2ccc(-c3c(F)cn4nc(N[C@H]5CCN(C6COC6)C[C@H]5F)nc(OC)c34)cc12. The average Bonchev–Trinajstić information content (AvgIpc) is 3.43. The summed E-state index contributed by atoms with van der Waals surface area (Å²) < 4.78 is 43.9. The Labute approximate surface area is 210 Å². The highest BCUT2D eigenvalue weighted by molar-refractivity contribution is 6.01. The lowest BCUT2D eigenvalue weighted by atomic mass is 10.0. The second-order valence-electron chi connectivity index (χ2n) is 9.21. The number of halogens is 2. The van der Waals surface area contributed by atoms with Gasteiger partial charge in [-0.15, -0.1) is 5.10 Å². The number of hydrogen-bond acceptors (Lipinski definition) is 8. The van der Waals surface area contributed by atoms with E-state index in [9.17, 15) is 9.18 Å². The van der Waals surface area contributed by atoms with Gasteiger partial charge in [-0.05, 0) is 24.1 Å². The Balaban J connectivity index is 1.33. The molecule has 1 amide bonds. The molecule has 11 nitrogen and oxygen atoms in total. The van der Waals surface area contributed by atoms with Gasteiger partial charge in [0.15, 0.2) is 5.82 Å². The largest absolute Gasteiger partial charge is 0.479 e. The van der Waals surface area contributed by atoms with Crippen molar-refractivity contribution >= 4 is 22.9 Å². The molecule has 0 aromatic carbocycles. The van der Waals surface area contributed by atoms with Gasteiger partial charge in [-0.25, -0.2) is 17.8 Å². The molecule has 37 heavy (non-hydrogen) atoms. The van der Waals surface area contributed by atoms with Crippen molar-refractivity contribution in [3.63, 3.8) is 0 Å². The quantitative estimate of drug-likeness (QED) is 0.402. The summed E-state index contributed by atoms with van der Waals surface area (Å²) in [5.74, 6) is -0.568. The molecule has 0 radical (unpaired) electrons. The summed E-state index contributed by atoms with van der Waals surface area (Å²) in [6.45, 7) is 2.33. The van der Waals surface area contributed by atoms with Crippen LogP contribution in [-0.4, -0.2) is 93.7 Å². The summed E-state index contributed by atoms with van der Waals surface area (Å²) in [6.07, 6.45) is 3.79. The number of methoxy groups -OCH3 is 1. The summed E-state index contributed by atoms with van der Waals surface area (Å²) in [5.41, 5.74) is 1.90. The van der Waals surface area contributed by atoms with E-state index in [4.69, 9.17) is 9.47 Å². The van der Waals surface area contributed by atoms with Gasteiger partial charge in [0.1, 0.15) is 11.7 Å². The molecular weight excluding hydrogens is 486 g/mol. The number of fused-ring (bicyclic) bond motifs is 2. The predicted molar refractivity (Wildman–Crippen MR) is 130 cm³/mol. The minimum atomic E-state index is -1.12. The van der Waals surface area contributed by atoms with Gasteiger partial charge in [0.25, 0.3) is 5.91 Å². The van der Waals surface area contributed by atoms with Crippen LogP contribution in [0.4, 0.5) is 14.7 Å². The molecule has 0 saturated carbocycles. The molecule has 13 heteroatoms. The zero-order valence-electron chi connectivity index (χ0n) is 20.3. The Morgan fingerprint density at radius 2 is 2.14 bits per heavy atom. The first-order valence-corrected chi connectivity index (χ1v) is 12.0. The molecule has 194 valence electrons. The number of anilines is 1. The number of rotatable bonds is 6. The van der Waals surface area contributed by atoms with Crippen LogP contribution in [0.1, 0.15) is 16.8 Å². The average molecular weight is 513 g/mol. The van der Waals surface area contributed by atoms with Gasteiger partial charge in [0.05, 0.1) is 61.4 Å². The molecule has 4 aromatic heterocycles. The molecule has 2 atom stereocenters. The summed E-state index contributed by atoms with van der Waals surface area (Å²) >= 11 is 0. The van der Waals surface area contributed by atoms with Gasteiger partial charge in [-0.3, -0.25) is 9.69 Å². The molecule has 0 spiro atoms. The Morgan fingerprint density at radius 3 is 2.84 bits per heavy atom. The molecule has 0 unspecified atom stereocenters. The first-order valence-electron chi connectivity index (χ1n) is 12.0. The van der Waals surface area contributed by atoms with Crippen LogP contribution in [0.3, 0.4) is 0 Å². The van der Waals surface area contributed by atoms with Gasteiger partial charge in [0, 0.05) is 26.3 Å². The number of amides is 1. The molecule has 0 bridgehead atoms. The van der Waals surface area contributed by atoms with E-state index in [1.807, 2.05) is 0 Å². The minimum absolute atomic E-state index is 0.135. The van der Waals surface area contributed by atoms with E-state index in [2.05, 4.69) is 30.7 Å². The van der Waals surface area contributed by atoms with Crippen LogP contribution < -0.4 is 15.4 Å². The highest BCUT2D eigenvalue weighted by Gasteiger charge is 2.36. The molecule has 2 aliphatic heterocycles. The number of likely N-dealkylation sites (tertiary alicyclic amines) is 1. The van der Waals surface area contributed by atoms with Crippen molar-refractivity contribution < 1.29 is 23.0 Å². The normalized spacial score (nSPS) is 20.8. The molecule has 2 aliphatic rings. The highest BCUT2D eigenvalue weighted by atomic mass is 19.1. The van der Waals surface area contributed by atoms with Crippen molar-refractivity contribution in [1.82, 2.24) is 34.4 Å². The first kappa shape index (κ1) is 23.6. The fourth-order valence-corrected chi connectivity index (χ4v) is 4.97. The van der Waals surface area contributed by atoms with E-state index in [0.29, 0.717) is 48.3 Å². The molecule has 6 rings (SSSR count). The van der Waals surface area contributed by atoms with Crippen molar-refractivity contribution in [2.45, 2.75) is 24.7 Å². The lowest BCUT2D eigenvalue weighted by Crippen LogP contribution is -2.57. The fraction of sp³-hybridized carbons (Fsp3) is 0.417. The van der Waals surface area contributed by atoms with Crippen molar-refractivity contribution in [1.29, 1.82) is 0 Å². The van der Waals surface area contributed by atoms with Crippen LogP contribution in [0.5, 0.6) is 5.88 Å². The number of carbonyl (C=O) groups is 1. The van der Waals surface area contributed by atoms with Crippen LogP contribution in [0.25, 0.3) is 22.2 Å². The van der Waals surface area contributed by atoms with E-state index >= 15 is 4.39 Å². The third-order valence-corrected chi connectivity index (χ3v) is 7.05. The number of pyridine rings is 1. The Hall–Kier alpha value is -3.84. The van der Waals surface area contributed by atoms with E-state index in [-0.39, 0.29) is 29.3 Å². The second kappa shape index (κ2) is 9.23. The van der Waals surface area contributed by atoms with Crippen LogP contribution in [0, 0.1) is 5.82 Å². The van der Waals surface area contributed by atoms with Crippen molar-refractivity contribution in [3.8, 4) is 17.0 Å². The third-order valence-electron chi connectivity index (χ3n) is 7.05. The van der Waals surface area contributed by atoms with Crippen LogP contribution >= 0.6 is 0 Å². The van der Waals surface area contributed by atoms with Gasteiger partial charge in [-0.2, -0.15) is 10.1 Å². The maximum atomic E-state index is 15.3. The van der Waals surface area contributed by atoms with E-state index in [1.54, 1.807) is 18.3 Å². The number of carbonyl (C=O) groups excluding carboxylic acids is 1. The molecular formula is C24H26F2N8O3. The van der Waals surface area contributed by atoms with E-state index in [1.165, 1.54) is 35.6 Å². The molecule has 2 N–H and O–H groups in total. The number of aromatic nitrogens is 5. The Bertz CT molecular complexity index is 1480. The number of nitrogens with one attached hydrogen (secondary N) is 2. The Morgan fingerprint density at radius 1 is 1.30 bits per heavy atom. The topological polar surface area (TPSA) is 110 Å². The Kier molecular flexibility index (Phi) is 5.88. The standard InChI is InChI=1S/C24H26F2N8O3/c1-27-22(35)15-8-28-33-6-3-13(7-19(15)33)20-17(26)10-34-21(20)23(36-2)30-24(31-34)29-18-4-5-32(9-16(18)25)14-11-37-12-14/h3,6-8,10,14,16,18H,4-5,9,11-12H2,1-2H3,(H,27,35)(H,29,31)/t16-,18+/m1/s1. The molecule has 6 heterocycles. The maximum absolute atomic E-state index is 15.3. The minimum Gasteiger partial charge on any atom is -0.479 e. The zero-order valence-corrected chi connectivity index (χ0v) is 20.3. The van der Waals surface area contributed by atoms with Crippen LogP contribution in [0.15, 0.2) is 30.7 Å². The van der Waals surface area contributed by atoms with Gasteiger partial charge in [0.2, 0.25) is 11.8 Å². The molecule has 2 fully saturated rings. The number of piperidine rings is 1.